The summed E-state index contributed by atoms with van der Waals surface area (Å²) in [5.41, 5.74) is 6.51. The lowest BCUT2D eigenvalue weighted by molar-refractivity contribution is -0.134. The third kappa shape index (κ3) is 4.60. The second-order valence-corrected chi connectivity index (χ2v) is 11.9. The minimum absolute atomic E-state index is 0.256. The van der Waals surface area contributed by atoms with Crippen LogP contribution in [0.1, 0.15) is 35.6 Å². The van der Waals surface area contributed by atoms with Gasteiger partial charge in [0.1, 0.15) is 11.5 Å². The van der Waals surface area contributed by atoms with Crippen LogP contribution in [0.2, 0.25) is 0 Å². The summed E-state index contributed by atoms with van der Waals surface area (Å²) >= 11 is 0. The normalized spacial score (nSPS) is 14.9. The molecule has 0 N–H and O–H groups in total. The number of rotatable bonds is 6. The molecule has 4 nitrogen and oxygen atoms in total. The molecule has 1 atom stereocenters. The van der Waals surface area contributed by atoms with Crippen LogP contribution in [0, 0.1) is 0 Å². The predicted octanol–water partition coefficient (Wildman–Crippen LogP) is 9.92. The molecule has 0 saturated carbocycles. The van der Waals surface area contributed by atoms with Gasteiger partial charge in [-0.3, -0.25) is 4.79 Å². The van der Waals surface area contributed by atoms with E-state index in [1.54, 1.807) is 6.92 Å². The zero-order valence-corrected chi connectivity index (χ0v) is 25.8. The largest absolute Gasteiger partial charge is 0.427 e. The lowest BCUT2D eigenvalue weighted by Gasteiger charge is -2.34. The molecule has 47 heavy (non-hydrogen) atoms. The molecule has 0 saturated heterocycles. The Morgan fingerprint density at radius 1 is 0.574 bits per heavy atom. The molecule has 0 radical (unpaired) electrons. The second kappa shape index (κ2) is 11.1. The van der Waals surface area contributed by atoms with Crippen LogP contribution in [0.25, 0.3) is 43.4 Å². The standard InChI is InChI=1S/C43H30O4/c1-3-41(44)46-35-19-15-29-21-33(17-13-31(29)23-35)43(34-18-14-32-24-36(47-42(45)4-2)20-16-30(32)22-34)39-12-8-7-11-37(39)38-25-27-9-5-6-10-28(27)26-40(38)43/h3,5-26H,1,4H2,2H3. The van der Waals surface area contributed by atoms with E-state index in [0.717, 1.165) is 38.7 Å². The molecule has 226 valence electrons. The first-order chi connectivity index (χ1) is 23.0. The topological polar surface area (TPSA) is 52.6 Å². The smallest absolute Gasteiger partial charge is 0.335 e. The summed E-state index contributed by atoms with van der Waals surface area (Å²) in [7, 11) is 0. The zero-order chi connectivity index (χ0) is 32.1. The first kappa shape index (κ1) is 28.5. The fourth-order valence-corrected chi connectivity index (χ4v) is 7.15. The number of carbonyl (C=O) groups is 2. The third-order valence-electron chi connectivity index (χ3n) is 9.31. The Kier molecular flexibility index (Phi) is 6.73. The maximum absolute atomic E-state index is 12.0. The number of esters is 2. The molecule has 1 unspecified atom stereocenters. The Hall–Kier alpha value is -6.00. The van der Waals surface area contributed by atoms with Gasteiger partial charge in [0.05, 0.1) is 5.41 Å². The summed E-state index contributed by atoms with van der Waals surface area (Å²) in [6.07, 6.45) is 1.48. The van der Waals surface area contributed by atoms with Gasteiger partial charge in [0.2, 0.25) is 0 Å². The molecular formula is C43H30O4. The fourth-order valence-electron chi connectivity index (χ4n) is 7.15. The van der Waals surface area contributed by atoms with Crippen molar-refractivity contribution in [1.82, 2.24) is 0 Å². The van der Waals surface area contributed by atoms with E-state index in [-0.39, 0.29) is 5.97 Å². The van der Waals surface area contributed by atoms with E-state index < -0.39 is 11.4 Å². The van der Waals surface area contributed by atoms with E-state index >= 15 is 0 Å². The molecular weight excluding hydrogens is 580 g/mol. The van der Waals surface area contributed by atoms with Crippen molar-refractivity contribution in [2.45, 2.75) is 18.8 Å². The third-order valence-corrected chi connectivity index (χ3v) is 9.31. The van der Waals surface area contributed by atoms with Crippen LogP contribution in [0.4, 0.5) is 0 Å². The molecule has 7 aromatic rings. The monoisotopic (exact) mass is 610 g/mol. The highest BCUT2D eigenvalue weighted by Gasteiger charge is 2.46. The zero-order valence-electron chi connectivity index (χ0n) is 25.8. The highest BCUT2D eigenvalue weighted by molar-refractivity contribution is 5.97. The number of hydrogen-bond acceptors (Lipinski definition) is 4. The Morgan fingerprint density at radius 3 is 1.74 bits per heavy atom. The van der Waals surface area contributed by atoms with Gasteiger partial charge in [-0.15, -0.1) is 0 Å². The number of ether oxygens (including phenoxy) is 2. The highest BCUT2D eigenvalue weighted by Crippen LogP contribution is 2.57. The lowest BCUT2D eigenvalue weighted by atomic mass is 9.67. The van der Waals surface area contributed by atoms with Gasteiger partial charge in [0, 0.05) is 12.5 Å². The molecule has 4 heteroatoms. The second-order valence-electron chi connectivity index (χ2n) is 11.9. The van der Waals surface area contributed by atoms with Gasteiger partial charge in [-0.25, -0.2) is 4.79 Å². The molecule has 8 rings (SSSR count). The van der Waals surface area contributed by atoms with Gasteiger partial charge in [0.25, 0.3) is 0 Å². The minimum Gasteiger partial charge on any atom is -0.427 e. The molecule has 0 bridgehead atoms. The summed E-state index contributed by atoms with van der Waals surface area (Å²) in [4.78, 5) is 23.9. The molecule has 1 aliphatic rings. The quantitative estimate of drug-likeness (QED) is 0.107. The summed E-state index contributed by atoms with van der Waals surface area (Å²) in [5, 5.41) is 6.44. The first-order valence-corrected chi connectivity index (χ1v) is 15.7. The van der Waals surface area contributed by atoms with Crippen molar-refractivity contribution < 1.29 is 19.1 Å². The molecule has 7 aromatic carbocycles. The maximum Gasteiger partial charge on any atom is 0.335 e. The van der Waals surface area contributed by atoms with Crippen LogP contribution < -0.4 is 9.47 Å². The lowest BCUT2D eigenvalue weighted by Crippen LogP contribution is -2.28. The van der Waals surface area contributed by atoms with Crippen molar-refractivity contribution in [2.24, 2.45) is 0 Å². The Bertz CT molecular complexity index is 2420. The van der Waals surface area contributed by atoms with Gasteiger partial charge in [0.15, 0.2) is 0 Å². The van der Waals surface area contributed by atoms with E-state index in [9.17, 15) is 9.59 Å². The van der Waals surface area contributed by atoms with Crippen LogP contribution in [-0.2, 0) is 15.0 Å². The van der Waals surface area contributed by atoms with Crippen LogP contribution in [0.5, 0.6) is 11.5 Å². The summed E-state index contributed by atoms with van der Waals surface area (Å²) in [6, 6.07) is 46.6. The van der Waals surface area contributed by atoms with E-state index in [1.165, 1.54) is 33.0 Å². The predicted molar refractivity (Wildman–Crippen MR) is 188 cm³/mol. The van der Waals surface area contributed by atoms with Crippen molar-refractivity contribution in [2.75, 3.05) is 0 Å². The van der Waals surface area contributed by atoms with Gasteiger partial charge in [-0.2, -0.15) is 0 Å². The van der Waals surface area contributed by atoms with Crippen molar-refractivity contribution in [3.8, 4) is 22.6 Å². The Morgan fingerprint density at radius 2 is 1.11 bits per heavy atom. The van der Waals surface area contributed by atoms with Crippen molar-refractivity contribution in [1.29, 1.82) is 0 Å². The van der Waals surface area contributed by atoms with Crippen LogP contribution in [-0.4, -0.2) is 11.9 Å². The molecule has 0 amide bonds. The maximum atomic E-state index is 12.0. The van der Waals surface area contributed by atoms with E-state index in [1.807, 2.05) is 36.4 Å². The van der Waals surface area contributed by atoms with Crippen molar-refractivity contribution in [3.05, 3.63) is 168 Å². The van der Waals surface area contributed by atoms with Gasteiger partial charge >= 0.3 is 11.9 Å². The molecule has 0 heterocycles. The van der Waals surface area contributed by atoms with E-state index in [2.05, 4.69) is 104 Å². The van der Waals surface area contributed by atoms with E-state index in [0.29, 0.717) is 17.9 Å². The van der Waals surface area contributed by atoms with E-state index in [4.69, 9.17) is 9.47 Å². The van der Waals surface area contributed by atoms with Gasteiger partial charge in [-0.05, 0) is 114 Å². The molecule has 0 aromatic heterocycles. The minimum atomic E-state index is -0.625. The Balaban J connectivity index is 1.40. The van der Waals surface area contributed by atoms with Crippen molar-refractivity contribution in [3.63, 3.8) is 0 Å². The summed E-state index contributed by atoms with van der Waals surface area (Å²) < 4.78 is 10.9. The molecule has 0 spiro atoms. The SMILES string of the molecule is C=CC(=O)Oc1ccc2cc(C3(c4ccc5cc(OC(=O)CC)ccc5c4)c4ccccc4-c4cc5ccccc5cc43)ccc2c1. The summed E-state index contributed by atoms with van der Waals surface area (Å²) in [5.74, 6) is 0.279. The number of fused-ring (bicyclic) bond motifs is 6. The van der Waals surface area contributed by atoms with Crippen LogP contribution >= 0.6 is 0 Å². The Labute approximate surface area is 272 Å². The van der Waals surface area contributed by atoms with Crippen LogP contribution in [0.15, 0.2) is 146 Å². The van der Waals surface area contributed by atoms with Crippen molar-refractivity contribution >= 4 is 44.3 Å². The number of benzene rings is 7. The van der Waals surface area contributed by atoms with Crippen LogP contribution in [0.3, 0.4) is 0 Å². The summed E-state index contributed by atoms with van der Waals surface area (Å²) in [6.45, 7) is 5.30. The average Bonchev–Trinajstić information content (AvgIpc) is 3.40. The molecule has 1 aliphatic carbocycles. The highest BCUT2D eigenvalue weighted by atomic mass is 16.5. The average molecular weight is 611 g/mol. The first-order valence-electron chi connectivity index (χ1n) is 15.7. The number of carbonyl (C=O) groups excluding carboxylic acids is 2. The molecule has 0 aliphatic heterocycles. The molecule has 0 fully saturated rings. The van der Waals surface area contributed by atoms with Gasteiger partial charge < -0.3 is 9.47 Å². The fraction of sp³-hybridized carbons (Fsp3) is 0.0698. The van der Waals surface area contributed by atoms with Gasteiger partial charge in [-0.1, -0.05) is 98.4 Å². The number of hydrogen-bond donors (Lipinski definition) is 0.